The number of carbonyl (C=O) groups excluding carboxylic acids is 1. The molecule has 0 spiro atoms. The molecule has 0 bridgehead atoms. The van der Waals surface area contributed by atoms with Crippen molar-refractivity contribution in [2.24, 2.45) is 0 Å². The normalized spacial score (nSPS) is 25.2. The van der Waals surface area contributed by atoms with Crippen molar-refractivity contribution in [2.45, 2.75) is 12.5 Å². The van der Waals surface area contributed by atoms with Crippen LogP contribution in [0.1, 0.15) is 6.42 Å². The maximum Gasteiger partial charge on any atom is 0.264 e. The average Bonchev–Trinajstić information content (AvgIpc) is 2.10. The summed E-state index contributed by atoms with van der Waals surface area (Å²) in [5.74, 6) is -0.168. The van der Waals surface area contributed by atoms with Gasteiger partial charge in [-0.2, -0.15) is 8.42 Å². The van der Waals surface area contributed by atoms with Gasteiger partial charge in [0.05, 0.1) is 12.7 Å². The Morgan fingerprint density at radius 1 is 1.64 bits per heavy atom. The van der Waals surface area contributed by atoms with Crippen molar-refractivity contribution in [3.63, 3.8) is 0 Å². The number of nitrogens with one attached hydrogen (secondary N) is 1. The predicted molar refractivity (Wildman–Crippen MR) is 37.3 cm³/mol. The summed E-state index contributed by atoms with van der Waals surface area (Å²) in [6, 6.07) is 0. The van der Waals surface area contributed by atoms with Crippen LogP contribution in [0.2, 0.25) is 0 Å². The summed E-state index contributed by atoms with van der Waals surface area (Å²) in [4.78, 5) is 10.6. The highest BCUT2D eigenvalue weighted by Gasteiger charge is 2.25. The lowest BCUT2D eigenvalue weighted by atomic mass is 10.3. The van der Waals surface area contributed by atoms with Crippen LogP contribution < -0.4 is 5.32 Å². The molecule has 1 fully saturated rings. The SMILES string of the molecule is CS(=O)(=O)O[C@H]1CNC(=O)C1. The highest BCUT2D eigenvalue weighted by Crippen LogP contribution is 2.06. The van der Waals surface area contributed by atoms with Crippen LogP contribution in [0.25, 0.3) is 0 Å². The topological polar surface area (TPSA) is 72.5 Å². The van der Waals surface area contributed by atoms with E-state index in [0.29, 0.717) is 0 Å². The van der Waals surface area contributed by atoms with Crippen molar-refractivity contribution >= 4 is 16.0 Å². The van der Waals surface area contributed by atoms with Crippen LogP contribution in [0.5, 0.6) is 0 Å². The zero-order chi connectivity index (χ0) is 8.48. The van der Waals surface area contributed by atoms with Crippen LogP contribution in [0.3, 0.4) is 0 Å². The zero-order valence-electron chi connectivity index (χ0n) is 6.03. The Bertz CT molecular complexity index is 258. The van der Waals surface area contributed by atoms with Gasteiger partial charge in [-0.05, 0) is 0 Å². The summed E-state index contributed by atoms with van der Waals surface area (Å²) < 4.78 is 25.6. The summed E-state index contributed by atoms with van der Waals surface area (Å²) in [7, 11) is -3.42. The van der Waals surface area contributed by atoms with E-state index >= 15 is 0 Å². The number of hydrogen-bond acceptors (Lipinski definition) is 4. The zero-order valence-corrected chi connectivity index (χ0v) is 6.85. The first kappa shape index (κ1) is 8.48. The van der Waals surface area contributed by atoms with Crippen molar-refractivity contribution < 1.29 is 17.4 Å². The average molecular weight is 179 g/mol. The number of carbonyl (C=O) groups is 1. The molecule has 1 rings (SSSR count). The molecule has 1 saturated heterocycles. The molecule has 5 nitrogen and oxygen atoms in total. The first-order valence-electron chi connectivity index (χ1n) is 3.12. The van der Waals surface area contributed by atoms with Crippen molar-refractivity contribution in [1.82, 2.24) is 5.32 Å². The van der Waals surface area contributed by atoms with Crippen molar-refractivity contribution in [3.8, 4) is 0 Å². The Morgan fingerprint density at radius 2 is 2.27 bits per heavy atom. The van der Waals surface area contributed by atoms with Gasteiger partial charge in [-0.25, -0.2) is 0 Å². The standard InChI is InChI=1S/C5H9NO4S/c1-11(8,9)10-4-2-5(7)6-3-4/h4H,2-3H2,1H3,(H,6,7)/t4-/m1/s1. The Labute approximate surface area is 64.9 Å². The van der Waals surface area contributed by atoms with Crippen LogP contribution >= 0.6 is 0 Å². The van der Waals surface area contributed by atoms with Crippen molar-refractivity contribution in [2.75, 3.05) is 12.8 Å². The molecule has 0 radical (unpaired) electrons. The van der Waals surface area contributed by atoms with Crippen molar-refractivity contribution in [3.05, 3.63) is 0 Å². The van der Waals surface area contributed by atoms with E-state index in [4.69, 9.17) is 0 Å². The van der Waals surface area contributed by atoms with Gasteiger partial charge in [-0.15, -0.1) is 0 Å². The van der Waals surface area contributed by atoms with E-state index in [9.17, 15) is 13.2 Å². The largest absolute Gasteiger partial charge is 0.353 e. The Morgan fingerprint density at radius 3 is 2.64 bits per heavy atom. The predicted octanol–water partition coefficient (Wildman–Crippen LogP) is -1.15. The van der Waals surface area contributed by atoms with Gasteiger partial charge in [0.2, 0.25) is 5.91 Å². The first-order chi connectivity index (χ1) is 4.97. The maximum absolute atomic E-state index is 10.6. The second-order valence-corrected chi connectivity index (χ2v) is 4.03. The van der Waals surface area contributed by atoms with Gasteiger partial charge < -0.3 is 5.32 Å². The first-order valence-corrected chi connectivity index (χ1v) is 4.94. The summed E-state index contributed by atoms with van der Waals surface area (Å²) in [6.45, 7) is 0.284. The van der Waals surface area contributed by atoms with Gasteiger partial charge in [0.1, 0.15) is 6.10 Å². The Hall–Kier alpha value is -0.620. The molecule has 1 amide bonds. The highest BCUT2D eigenvalue weighted by molar-refractivity contribution is 7.86. The molecule has 0 aromatic carbocycles. The van der Waals surface area contributed by atoms with Crippen molar-refractivity contribution in [1.29, 1.82) is 0 Å². The molecule has 0 saturated carbocycles. The fourth-order valence-electron chi connectivity index (χ4n) is 0.894. The molecule has 1 heterocycles. The minimum absolute atomic E-state index is 0.132. The van der Waals surface area contributed by atoms with E-state index in [-0.39, 0.29) is 18.9 Å². The molecular formula is C5H9NO4S. The number of rotatable bonds is 2. The van der Waals surface area contributed by atoms with E-state index in [1.807, 2.05) is 0 Å². The monoisotopic (exact) mass is 179 g/mol. The molecule has 0 aromatic rings. The molecular weight excluding hydrogens is 170 g/mol. The molecule has 11 heavy (non-hydrogen) atoms. The quantitative estimate of drug-likeness (QED) is 0.543. The van der Waals surface area contributed by atoms with Gasteiger partial charge >= 0.3 is 0 Å². The molecule has 1 aliphatic rings. The van der Waals surface area contributed by atoms with Crippen LogP contribution in [0, 0.1) is 0 Å². The van der Waals surface area contributed by atoms with Crippen LogP contribution in [0.4, 0.5) is 0 Å². The third-order valence-electron chi connectivity index (χ3n) is 1.25. The van der Waals surface area contributed by atoms with Gasteiger partial charge in [-0.3, -0.25) is 8.98 Å². The summed E-state index contributed by atoms with van der Waals surface area (Å²) in [5, 5.41) is 2.46. The van der Waals surface area contributed by atoms with Crippen LogP contribution in [-0.4, -0.2) is 33.2 Å². The molecule has 0 aliphatic carbocycles. The van der Waals surface area contributed by atoms with E-state index in [0.717, 1.165) is 6.26 Å². The Kier molecular flexibility index (Phi) is 2.15. The summed E-state index contributed by atoms with van der Waals surface area (Å²) in [5.41, 5.74) is 0. The minimum Gasteiger partial charge on any atom is -0.353 e. The second kappa shape index (κ2) is 2.78. The lowest BCUT2D eigenvalue weighted by Crippen LogP contribution is -2.20. The number of amides is 1. The lowest BCUT2D eigenvalue weighted by Gasteiger charge is -2.04. The molecule has 64 valence electrons. The third kappa shape index (κ3) is 2.85. The van der Waals surface area contributed by atoms with E-state index in [1.54, 1.807) is 0 Å². The highest BCUT2D eigenvalue weighted by atomic mass is 32.2. The molecule has 1 N–H and O–H groups in total. The van der Waals surface area contributed by atoms with Crippen LogP contribution in [-0.2, 0) is 19.1 Å². The molecule has 6 heteroatoms. The van der Waals surface area contributed by atoms with Gasteiger partial charge in [0.25, 0.3) is 10.1 Å². The third-order valence-corrected chi connectivity index (χ3v) is 1.87. The van der Waals surface area contributed by atoms with Gasteiger partial charge in [0, 0.05) is 6.54 Å². The second-order valence-electron chi connectivity index (χ2n) is 2.43. The smallest absolute Gasteiger partial charge is 0.264 e. The van der Waals surface area contributed by atoms with E-state index < -0.39 is 16.2 Å². The lowest BCUT2D eigenvalue weighted by molar-refractivity contribution is -0.119. The fourth-order valence-corrected chi connectivity index (χ4v) is 1.52. The molecule has 1 aliphatic heterocycles. The summed E-state index contributed by atoms with van der Waals surface area (Å²) >= 11 is 0. The molecule has 1 atom stereocenters. The van der Waals surface area contributed by atoms with E-state index in [1.165, 1.54) is 0 Å². The number of hydrogen-bond donors (Lipinski definition) is 1. The minimum atomic E-state index is -3.42. The van der Waals surface area contributed by atoms with Crippen LogP contribution in [0.15, 0.2) is 0 Å². The van der Waals surface area contributed by atoms with E-state index in [2.05, 4.69) is 9.50 Å². The summed E-state index contributed by atoms with van der Waals surface area (Å²) in [6.07, 6.45) is 0.584. The fraction of sp³-hybridized carbons (Fsp3) is 0.800. The van der Waals surface area contributed by atoms with Gasteiger partial charge in [-0.1, -0.05) is 0 Å². The van der Waals surface area contributed by atoms with Gasteiger partial charge in [0.15, 0.2) is 0 Å². The molecule has 0 aromatic heterocycles. The Balaban J connectivity index is 2.47. The molecule has 0 unspecified atom stereocenters. The maximum atomic E-state index is 10.6.